The molecule has 0 amide bonds. The van der Waals surface area contributed by atoms with Crippen LogP contribution in [0, 0.1) is 5.92 Å². The van der Waals surface area contributed by atoms with E-state index in [-0.39, 0.29) is 0 Å². The highest BCUT2D eigenvalue weighted by Crippen LogP contribution is 2.29. The highest BCUT2D eigenvalue weighted by molar-refractivity contribution is 5.07. The van der Waals surface area contributed by atoms with Crippen molar-refractivity contribution in [2.24, 2.45) is 5.92 Å². The van der Waals surface area contributed by atoms with Crippen LogP contribution in [0.15, 0.2) is 16.5 Å². The average molecular weight is 264 g/mol. The Morgan fingerprint density at radius 3 is 2.68 bits per heavy atom. The zero-order valence-corrected chi connectivity index (χ0v) is 12.6. The second-order valence-electron chi connectivity index (χ2n) is 6.03. The Bertz CT molecular complexity index is 369. The molecule has 2 rings (SSSR count). The van der Waals surface area contributed by atoms with Crippen LogP contribution in [-0.2, 0) is 13.1 Å². The summed E-state index contributed by atoms with van der Waals surface area (Å²) in [5.74, 6) is 2.95. The summed E-state index contributed by atoms with van der Waals surface area (Å²) < 4.78 is 5.90. The number of nitrogens with zero attached hydrogens (tertiary/aromatic N) is 1. The molecule has 3 heteroatoms. The Morgan fingerprint density at radius 1 is 1.32 bits per heavy atom. The molecule has 1 aliphatic carbocycles. The van der Waals surface area contributed by atoms with Crippen LogP contribution < -0.4 is 5.32 Å². The summed E-state index contributed by atoms with van der Waals surface area (Å²) in [4.78, 5) is 2.59. The Kier molecular flexibility index (Phi) is 5.46. The van der Waals surface area contributed by atoms with E-state index < -0.39 is 0 Å². The zero-order valence-electron chi connectivity index (χ0n) is 12.6. The summed E-state index contributed by atoms with van der Waals surface area (Å²) in [7, 11) is 0. The molecular weight excluding hydrogens is 236 g/mol. The van der Waals surface area contributed by atoms with Crippen molar-refractivity contribution in [2.45, 2.75) is 59.2 Å². The van der Waals surface area contributed by atoms with Gasteiger partial charge in [0.1, 0.15) is 11.5 Å². The lowest BCUT2D eigenvalue weighted by molar-refractivity contribution is 0.219. The smallest absolute Gasteiger partial charge is 0.118 e. The van der Waals surface area contributed by atoms with Crippen molar-refractivity contribution < 1.29 is 4.42 Å². The Labute approximate surface area is 117 Å². The van der Waals surface area contributed by atoms with Gasteiger partial charge in [0.15, 0.2) is 0 Å². The summed E-state index contributed by atoms with van der Waals surface area (Å²) in [6, 6.07) is 5.05. The second-order valence-corrected chi connectivity index (χ2v) is 6.03. The van der Waals surface area contributed by atoms with Gasteiger partial charge in [-0.15, -0.1) is 0 Å². The van der Waals surface area contributed by atoms with Crippen molar-refractivity contribution in [3.63, 3.8) is 0 Å². The van der Waals surface area contributed by atoms with Gasteiger partial charge in [0, 0.05) is 6.04 Å². The maximum Gasteiger partial charge on any atom is 0.118 e. The molecule has 0 aliphatic heterocycles. The molecular formula is C16H28N2O. The lowest BCUT2D eigenvalue weighted by Crippen LogP contribution is -2.27. The minimum atomic E-state index is 0.780. The number of hydrogen-bond donors (Lipinski definition) is 1. The van der Waals surface area contributed by atoms with E-state index in [2.05, 4.69) is 43.1 Å². The van der Waals surface area contributed by atoms with Gasteiger partial charge in [-0.3, -0.25) is 4.90 Å². The molecule has 0 saturated heterocycles. The first-order valence-corrected chi connectivity index (χ1v) is 7.71. The molecule has 19 heavy (non-hydrogen) atoms. The van der Waals surface area contributed by atoms with E-state index in [4.69, 9.17) is 4.42 Å². The number of furan rings is 1. The van der Waals surface area contributed by atoms with Crippen LogP contribution in [0.5, 0.6) is 0 Å². The van der Waals surface area contributed by atoms with E-state index in [1.807, 2.05) is 0 Å². The third-order valence-electron chi connectivity index (χ3n) is 3.68. The van der Waals surface area contributed by atoms with Crippen molar-refractivity contribution in [3.05, 3.63) is 23.7 Å². The van der Waals surface area contributed by atoms with E-state index in [0.717, 1.165) is 43.1 Å². The van der Waals surface area contributed by atoms with Gasteiger partial charge in [0.2, 0.25) is 0 Å². The van der Waals surface area contributed by atoms with Gasteiger partial charge in [-0.05, 0) is 50.4 Å². The molecule has 1 saturated carbocycles. The molecule has 3 nitrogen and oxygen atoms in total. The highest BCUT2D eigenvalue weighted by atomic mass is 16.3. The molecule has 1 aromatic heterocycles. The SMILES string of the molecule is CCNCc1ccc(CN(CCC(C)C)C2CC2)o1. The fourth-order valence-corrected chi connectivity index (χ4v) is 2.31. The maximum absolute atomic E-state index is 5.90. The third kappa shape index (κ3) is 5.00. The molecule has 0 atom stereocenters. The number of rotatable bonds is 9. The van der Waals surface area contributed by atoms with Crippen LogP contribution in [0.25, 0.3) is 0 Å². The van der Waals surface area contributed by atoms with Gasteiger partial charge in [-0.2, -0.15) is 0 Å². The van der Waals surface area contributed by atoms with Crippen molar-refractivity contribution in [1.82, 2.24) is 10.2 Å². The van der Waals surface area contributed by atoms with E-state index in [1.54, 1.807) is 0 Å². The van der Waals surface area contributed by atoms with Crippen LogP contribution in [0.1, 0.15) is 51.6 Å². The molecule has 1 fully saturated rings. The molecule has 0 radical (unpaired) electrons. The van der Waals surface area contributed by atoms with Crippen LogP contribution in [0.3, 0.4) is 0 Å². The minimum absolute atomic E-state index is 0.780. The topological polar surface area (TPSA) is 28.4 Å². The lowest BCUT2D eigenvalue weighted by atomic mass is 10.1. The number of hydrogen-bond acceptors (Lipinski definition) is 3. The van der Waals surface area contributed by atoms with E-state index in [9.17, 15) is 0 Å². The van der Waals surface area contributed by atoms with Crippen LogP contribution in [0.2, 0.25) is 0 Å². The van der Waals surface area contributed by atoms with E-state index >= 15 is 0 Å². The van der Waals surface area contributed by atoms with Gasteiger partial charge >= 0.3 is 0 Å². The van der Waals surface area contributed by atoms with Crippen LogP contribution in [0.4, 0.5) is 0 Å². The fraction of sp³-hybridized carbons (Fsp3) is 0.750. The Hall–Kier alpha value is -0.800. The van der Waals surface area contributed by atoms with Crippen molar-refractivity contribution in [1.29, 1.82) is 0 Å². The van der Waals surface area contributed by atoms with Gasteiger partial charge in [0.05, 0.1) is 13.1 Å². The molecule has 0 aromatic carbocycles. The second kappa shape index (κ2) is 7.11. The summed E-state index contributed by atoms with van der Waals surface area (Å²) in [6.07, 6.45) is 4.01. The predicted molar refractivity (Wildman–Crippen MR) is 79.0 cm³/mol. The molecule has 1 N–H and O–H groups in total. The van der Waals surface area contributed by atoms with Crippen molar-refractivity contribution >= 4 is 0 Å². The predicted octanol–water partition coefficient (Wildman–Crippen LogP) is 3.40. The van der Waals surface area contributed by atoms with Gasteiger partial charge < -0.3 is 9.73 Å². The average Bonchev–Trinajstić information content (AvgIpc) is 3.13. The maximum atomic E-state index is 5.90. The van der Waals surface area contributed by atoms with E-state index in [1.165, 1.54) is 25.8 Å². The molecule has 1 aliphatic rings. The normalized spacial score (nSPS) is 15.6. The third-order valence-corrected chi connectivity index (χ3v) is 3.68. The minimum Gasteiger partial charge on any atom is -0.463 e. The van der Waals surface area contributed by atoms with Gasteiger partial charge in [-0.25, -0.2) is 0 Å². The molecule has 108 valence electrons. The number of nitrogens with one attached hydrogen (secondary N) is 1. The fourth-order valence-electron chi connectivity index (χ4n) is 2.31. The summed E-state index contributed by atoms with van der Waals surface area (Å²) in [5.41, 5.74) is 0. The molecule has 1 heterocycles. The monoisotopic (exact) mass is 264 g/mol. The Balaban J connectivity index is 1.84. The first kappa shape index (κ1) is 14.6. The van der Waals surface area contributed by atoms with Crippen molar-refractivity contribution in [3.8, 4) is 0 Å². The van der Waals surface area contributed by atoms with Crippen LogP contribution in [-0.4, -0.2) is 24.0 Å². The molecule has 0 bridgehead atoms. The van der Waals surface area contributed by atoms with Gasteiger partial charge in [0.25, 0.3) is 0 Å². The highest BCUT2D eigenvalue weighted by Gasteiger charge is 2.29. The van der Waals surface area contributed by atoms with Crippen molar-refractivity contribution in [2.75, 3.05) is 13.1 Å². The summed E-state index contributed by atoms with van der Waals surface area (Å²) in [6.45, 7) is 10.7. The Morgan fingerprint density at radius 2 is 2.05 bits per heavy atom. The summed E-state index contributed by atoms with van der Waals surface area (Å²) in [5, 5.41) is 3.30. The first-order valence-electron chi connectivity index (χ1n) is 7.71. The first-order chi connectivity index (χ1) is 9.19. The van der Waals surface area contributed by atoms with Crippen LogP contribution >= 0.6 is 0 Å². The zero-order chi connectivity index (χ0) is 13.7. The van der Waals surface area contributed by atoms with Gasteiger partial charge in [-0.1, -0.05) is 20.8 Å². The summed E-state index contributed by atoms with van der Waals surface area (Å²) >= 11 is 0. The lowest BCUT2D eigenvalue weighted by Gasteiger charge is -2.21. The molecule has 0 spiro atoms. The molecule has 1 aromatic rings. The largest absolute Gasteiger partial charge is 0.463 e. The standard InChI is InChI=1S/C16H28N2O/c1-4-17-11-15-7-8-16(19-15)12-18(14-5-6-14)10-9-13(2)3/h7-8,13-14,17H,4-6,9-12H2,1-3H3. The van der Waals surface area contributed by atoms with E-state index in [0.29, 0.717) is 0 Å². The quantitative estimate of drug-likeness (QED) is 0.741. The molecule has 0 unspecified atom stereocenters.